The zero-order valence-electron chi connectivity index (χ0n) is 17.2. The number of hydrogen-bond donors (Lipinski definition) is 2. The summed E-state index contributed by atoms with van der Waals surface area (Å²) >= 11 is 0. The molecule has 0 radical (unpaired) electrons. The van der Waals surface area contributed by atoms with Gasteiger partial charge in [0.2, 0.25) is 0 Å². The third kappa shape index (κ3) is 6.58. The van der Waals surface area contributed by atoms with Crippen LogP contribution in [0.15, 0.2) is 78.9 Å². The van der Waals surface area contributed by atoms with E-state index in [-0.39, 0.29) is 6.61 Å². The molecule has 0 saturated heterocycles. The molecule has 0 heterocycles. The van der Waals surface area contributed by atoms with E-state index in [2.05, 4.69) is 10.9 Å². The lowest BCUT2D eigenvalue weighted by atomic mass is 10.1. The molecular weight excluding hydrogens is 396 g/mol. The molecule has 2 amide bonds. The van der Waals surface area contributed by atoms with Crippen molar-refractivity contribution in [2.24, 2.45) is 0 Å². The van der Waals surface area contributed by atoms with Crippen molar-refractivity contribution in [3.63, 3.8) is 0 Å². The van der Waals surface area contributed by atoms with Crippen LogP contribution in [0, 0.1) is 0 Å². The predicted octanol–water partition coefficient (Wildman–Crippen LogP) is 3.37. The molecule has 0 bridgehead atoms. The van der Waals surface area contributed by atoms with Crippen LogP contribution in [0.1, 0.15) is 26.3 Å². The first kappa shape index (κ1) is 21.9. The van der Waals surface area contributed by atoms with Crippen molar-refractivity contribution in [3.05, 3.63) is 95.6 Å². The molecule has 7 nitrogen and oxygen atoms in total. The first-order valence-electron chi connectivity index (χ1n) is 9.75. The molecular formula is C24H24N2O5. The number of methoxy groups -OCH3 is 1. The molecule has 3 rings (SSSR count). The predicted molar refractivity (Wildman–Crippen MR) is 116 cm³/mol. The summed E-state index contributed by atoms with van der Waals surface area (Å²) in [5.74, 6) is 0.237. The van der Waals surface area contributed by atoms with Crippen molar-refractivity contribution in [1.82, 2.24) is 10.9 Å². The summed E-state index contributed by atoms with van der Waals surface area (Å²) in [6, 6.07) is 23.1. The number of para-hydroxylation sites is 2. The third-order valence-corrected chi connectivity index (χ3v) is 4.30. The highest BCUT2D eigenvalue weighted by molar-refractivity contribution is 6.00. The van der Waals surface area contributed by atoms with E-state index in [4.69, 9.17) is 14.2 Å². The summed E-state index contributed by atoms with van der Waals surface area (Å²) in [5, 5.41) is 0. The summed E-state index contributed by atoms with van der Waals surface area (Å²) < 4.78 is 16.3. The maximum absolute atomic E-state index is 12.5. The zero-order valence-corrected chi connectivity index (χ0v) is 17.2. The monoisotopic (exact) mass is 420 g/mol. The van der Waals surface area contributed by atoms with Crippen LogP contribution in [-0.4, -0.2) is 32.1 Å². The van der Waals surface area contributed by atoms with E-state index in [0.717, 1.165) is 11.3 Å². The highest BCUT2D eigenvalue weighted by Gasteiger charge is 2.14. The average Bonchev–Trinajstić information content (AvgIpc) is 2.82. The van der Waals surface area contributed by atoms with Crippen LogP contribution < -0.4 is 20.3 Å². The van der Waals surface area contributed by atoms with Crippen LogP contribution in [0.5, 0.6) is 11.5 Å². The van der Waals surface area contributed by atoms with E-state index >= 15 is 0 Å². The van der Waals surface area contributed by atoms with Crippen LogP contribution in [-0.2, 0) is 11.3 Å². The lowest BCUT2D eigenvalue weighted by Gasteiger charge is -2.13. The standard InChI is InChI=1S/C24H24N2O5/c1-29-17-18-11-13-19(14-12-18)23(27)25-26-24(28)21-9-5-6-10-22(21)31-16-15-30-20-7-3-2-4-8-20/h2-14H,15-17H2,1H3,(H,25,27)(H,26,28). The van der Waals surface area contributed by atoms with E-state index < -0.39 is 11.8 Å². The van der Waals surface area contributed by atoms with Gasteiger partial charge in [0.05, 0.1) is 12.2 Å². The Kier molecular flexibility index (Phi) is 8.02. The minimum atomic E-state index is -0.482. The number of hydrogen-bond acceptors (Lipinski definition) is 5. The second-order valence-electron chi connectivity index (χ2n) is 6.54. The van der Waals surface area contributed by atoms with E-state index in [9.17, 15) is 9.59 Å². The van der Waals surface area contributed by atoms with Gasteiger partial charge < -0.3 is 14.2 Å². The van der Waals surface area contributed by atoms with Crippen LogP contribution >= 0.6 is 0 Å². The smallest absolute Gasteiger partial charge is 0.273 e. The summed E-state index contributed by atoms with van der Waals surface area (Å²) in [6.07, 6.45) is 0. The lowest BCUT2D eigenvalue weighted by Crippen LogP contribution is -2.41. The fourth-order valence-electron chi connectivity index (χ4n) is 2.78. The van der Waals surface area contributed by atoms with Crippen molar-refractivity contribution < 1.29 is 23.8 Å². The van der Waals surface area contributed by atoms with Crippen LogP contribution in [0.4, 0.5) is 0 Å². The fraction of sp³-hybridized carbons (Fsp3) is 0.167. The van der Waals surface area contributed by atoms with E-state index in [1.165, 1.54) is 0 Å². The van der Waals surface area contributed by atoms with Gasteiger partial charge in [-0.05, 0) is 42.0 Å². The van der Waals surface area contributed by atoms with Crippen LogP contribution in [0.2, 0.25) is 0 Å². The number of benzene rings is 3. The zero-order chi connectivity index (χ0) is 21.9. The van der Waals surface area contributed by atoms with Crippen LogP contribution in [0.3, 0.4) is 0 Å². The molecule has 0 saturated carbocycles. The third-order valence-electron chi connectivity index (χ3n) is 4.30. The van der Waals surface area contributed by atoms with Gasteiger partial charge in [-0.15, -0.1) is 0 Å². The molecule has 0 aliphatic heterocycles. The van der Waals surface area contributed by atoms with Gasteiger partial charge >= 0.3 is 0 Å². The molecule has 0 aromatic heterocycles. The molecule has 0 spiro atoms. The number of carbonyl (C=O) groups is 2. The molecule has 3 aromatic carbocycles. The molecule has 0 aliphatic rings. The Balaban J connectivity index is 1.51. The highest BCUT2D eigenvalue weighted by atomic mass is 16.5. The second-order valence-corrected chi connectivity index (χ2v) is 6.54. The van der Waals surface area contributed by atoms with Gasteiger partial charge in [-0.2, -0.15) is 0 Å². The van der Waals surface area contributed by atoms with Crippen molar-refractivity contribution in [2.45, 2.75) is 6.61 Å². The van der Waals surface area contributed by atoms with E-state index in [0.29, 0.717) is 30.1 Å². The minimum absolute atomic E-state index is 0.263. The highest BCUT2D eigenvalue weighted by Crippen LogP contribution is 2.18. The van der Waals surface area contributed by atoms with Gasteiger partial charge in [-0.25, -0.2) is 0 Å². The number of rotatable bonds is 9. The Morgan fingerprint density at radius 2 is 1.39 bits per heavy atom. The SMILES string of the molecule is COCc1ccc(C(=O)NNC(=O)c2ccccc2OCCOc2ccccc2)cc1. The molecule has 2 N–H and O–H groups in total. The number of nitrogens with one attached hydrogen (secondary N) is 2. The quantitative estimate of drug-likeness (QED) is 0.410. The summed E-state index contributed by atoms with van der Waals surface area (Å²) in [5.41, 5.74) is 6.51. The van der Waals surface area contributed by atoms with E-state index in [1.54, 1.807) is 55.6 Å². The van der Waals surface area contributed by atoms with Gasteiger partial charge in [0.25, 0.3) is 11.8 Å². The van der Waals surface area contributed by atoms with Crippen LogP contribution in [0.25, 0.3) is 0 Å². The lowest BCUT2D eigenvalue weighted by molar-refractivity contribution is 0.0843. The molecule has 0 atom stereocenters. The molecule has 0 fully saturated rings. The Morgan fingerprint density at radius 3 is 2.13 bits per heavy atom. The second kappa shape index (κ2) is 11.4. The van der Waals surface area contributed by atoms with Crippen molar-refractivity contribution in [2.75, 3.05) is 20.3 Å². The van der Waals surface area contributed by atoms with Crippen molar-refractivity contribution in [3.8, 4) is 11.5 Å². The Hall–Kier alpha value is -3.84. The van der Waals surface area contributed by atoms with Crippen molar-refractivity contribution in [1.29, 1.82) is 0 Å². The maximum Gasteiger partial charge on any atom is 0.273 e. The van der Waals surface area contributed by atoms with Crippen molar-refractivity contribution >= 4 is 11.8 Å². The first-order chi connectivity index (χ1) is 15.2. The topological polar surface area (TPSA) is 85.9 Å². The fourth-order valence-corrected chi connectivity index (χ4v) is 2.78. The Labute approximate surface area is 180 Å². The number of ether oxygens (including phenoxy) is 3. The van der Waals surface area contributed by atoms with E-state index in [1.807, 2.05) is 30.3 Å². The number of amides is 2. The first-order valence-corrected chi connectivity index (χ1v) is 9.75. The van der Waals surface area contributed by atoms with Gasteiger partial charge in [-0.1, -0.05) is 42.5 Å². The van der Waals surface area contributed by atoms with Gasteiger partial charge in [-0.3, -0.25) is 20.4 Å². The molecule has 160 valence electrons. The van der Waals surface area contributed by atoms with Gasteiger partial charge in [0.1, 0.15) is 24.7 Å². The minimum Gasteiger partial charge on any atom is -0.490 e. The summed E-state index contributed by atoms with van der Waals surface area (Å²) in [6.45, 7) is 1.06. The Morgan fingerprint density at radius 1 is 0.742 bits per heavy atom. The number of hydrazine groups is 1. The average molecular weight is 420 g/mol. The molecule has 0 unspecified atom stereocenters. The molecule has 7 heteroatoms. The van der Waals surface area contributed by atoms with Gasteiger partial charge in [0.15, 0.2) is 0 Å². The Bertz CT molecular complexity index is 990. The normalized spacial score (nSPS) is 10.2. The maximum atomic E-state index is 12.5. The summed E-state index contributed by atoms with van der Waals surface area (Å²) in [7, 11) is 1.61. The molecule has 3 aromatic rings. The van der Waals surface area contributed by atoms with Gasteiger partial charge in [0, 0.05) is 12.7 Å². The summed E-state index contributed by atoms with van der Waals surface area (Å²) in [4.78, 5) is 24.8. The largest absolute Gasteiger partial charge is 0.490 e. The molecule has 31 heavy (non-hydrogen) atoms. The molecule has 0 aliphatic carbocycles. The number of carbonyl (C=O) groups excluding carboxylic acids is 2.